The van der Waals surface area contributed by atoms with E-state index in [0.717, 1.165) is 30.2 Å². The minimum atomic E-state index is -0.445. The smallest absolute Gasteiger partial charge is 0.269 e. The van der Waals surface area contributed by atoms with Crippen molar-refractivity contribution in [2.24, 2.45) is 0 Å². The van der Waals surface area contributed by atoms with E-state index in [9.17, 15) is 14.9 Å². The first-order valence-corrected chi connectivity index (χ1v) is 10.8. The number of hydrogen-bond acceptors (Lipinski definition) is 7. The number of morpholine rings is 1. The molecular formula is C22H22N4O4S. The summed E-state index contributed by atoms with van der Waals surface area (Å²) in [6, 6.07) is 15.8. The van der Waals surface area contributed by atoms with Gasteiger partial charge >= 0.3 is 0 Å². The molecule has 0 spiro atoms. The van der Waals surface area contributed by atoms with Gasteiger partial charge in [-0.1, -0.05) is 30.3 Å². The molecule has 1 amide bonds. The normalized spacial score (nSPS) is 14.3. The summed E-state index contributed by atoms with van der Waals surface area (Å²) in [6.07, 6.45) is 0. The number of carbonyl (C=O) groups excluding carboxylic acids is 1. The molecule has 0 saturated carbocycles. The van der Waals surface area contributed by atoms with E-state index < -0.39 is 4.92 Å². The van der Waals surface area contributed by atoms with Gasteiger partial charge in [0.15, 0.2) is 0 Å². The molecule has 2 heterocycles. The molecule has 0 bridgehead atoms. The lowest BCUT2D eigenvalue weighted by Crippen LogP contribution is -2.41. The molecule has 2 aromatic carbocycles. The number of nitro groups is 1. The number of benzene rings is 2. The molecule has 1 aromatic heterocycles. The summed E-state index contributed by atoms with van der Waals surface area (Å²) in [5.41, 5.74) is 2.12. The number of nitrogens with zero attached hydrogens (tertiary/aromatic N) is 3. The quantitative estimate of drug-likeness (QED) is 0.448. The molecule has 0 atom stereocenters. The zero-order valence-electron chi connectivity index (χ0n) is 16.8. The van der Waals surface area contributed by atoms with Crippen molar-refractivity contribution in [3.05, 3.63) is 69.6 Å². The minimum absolute atomic E-state index is 0.00113. The summed E-state index contributed by atoms with van der Waals surface area (Å²) in [7, 11) is 0. The first-order chi connectivity index (χ1) is 15.1. The Morgan fingerprint density at radius 2 is 1.81 bits per heavy atom. The topological polar surface area (TPSA) is 97.6 Å². The Hall–Kier alpha value is -3.14. The third-order valence-corrected chi connectivity index (χ3v) is 6.13. The summed E-state index contributed by atoms with van der Waals surface area (Å²) in [6.45, 7) is 4.44. The Bertz CT molecular complexity index is 1050. The predicted molar refractivity (Wildman–Crippen MR) is 119 cm³/mol. The third-order valence-electron chi connectivity index (χ3n) is 5.02. The summed E-state index contributed by atoms with van der Waals surface area (Å²) >= 11 is 1.32. The van der Waals surface area contributed by atoms with Crippen LogP contribution in [0.25, 0.3) is 21.8 Å². The van der Waals surface area contributed by atoms with Crippen LogP contribution in [0.3, 0.4) is 0 Å². The van der Waals surface area contributed by atoms with Crippen molar-refractivity contribution in [1.82, 2.24) is 15.2 Å². The second-order valence-electron chi connectivity index (χ2n) is 7.08. The molecule has 8 nitrogen and oxygen atoms in total. The monoisotopic (exact) mass is 438 g/mol. The fourth-order valence-corrected chi connectivity index (χ4v) is 4.36. The number of non-ortho nitro benzene ring substituents is 1. The fraction of sp³-hybridized carbons (Fsp3) is 0.273. The van der Waals surface area contributed by atoms with E-state index in [1.807, 2.05) is 30.3 Å². The molecule has 0 radical (unpaired) electrons. The van der Waals surface area contributed by atoms with Gasteiger partial charge < -0.3 is 10.1 Å². The van der Waals surface area contributed by atoms with Crippen molar-refractivity contribution in [2.45, 2.75) is 0 Å². The molecule has 31 heavy (non-hydrogen) atoms. The standard InChI is InChI=1S/C22H22N4O4S/c27-21(23-10-11-25-12-14-30-15-13-25)20-19(16-6-8-18(9-7-16)26(28)29)24-22(31-20)17-4-2-1-3-5-17/h1-9H,10-15H2,(H,23,27). The van der Waals surface area contributed by atoms with Crippen LogP contribution in [0, 0.1) is 10.1 Å². The number of aromatic nitrogens is 1. The van der Waals surface area contributed by atoms with E-state index in [1.165, 1.54) is 23.5 Å². The van der Waals surface area contributed by atoms with Gasteiger partial charge in [0.1, 0.15) is 9.88 Å². The number of nitro benzene ring substituents is 1. The number of nitrogens with one attached hydrogen (secondary N) is 1. The molecule has 160 valence electrons. The molecule has 1 saturated heterocycles. The second kappa shape index (κ2) is 9.78. The average Bonchev–Trinajstić information content (AvgIpc) is 3.26. The number of carbonyl (C=O) groups is 1. The highest BCUT2D eigenvalue weighted by atomic mass is 32.1. The van der Waals surface area contributed by atoms with Gasteiger partial charge in [-0.05, 0) is 12.1 Å². The van der Waals surface area contributed by atoms with Crippen molar-refractivity contribution >= 4 is 22.9 Å². The zero-order valence-corrected chi connectivity index (χ0v) is 17.6. The van der Waals surface area contributed by atoms with Gasteiger partial charge in [-0.3, -0.25) is 19.8 Å². The lowest BCUT2D eigenvalue weighted by atomic mass is 10.1. The summed E-state index contributed by atoms with van der Waals surface area (Å²) in [4.78, 5) is 31.0. The molecular weight excluding hydrogens is 416 g/mol. The second-order valence-corrected chi connectivity index (χ2v) is 8.08. The van der Waals surface area contributed by atoms with Crippen molar-refractivity contribution < 1.29 is 14.5 Å². The molecule has 0 aliphatic carbocycles. The van der Waals surface area contributed by atoms with Crippen LogP contribution in [-0.4, -0.2) is 60.1 Å². The number of hydrogen-bond donors (Lipinski definition) is 1. The molecule has 4 rings (SSSR count). The Balaban J connectivity index is 1.57. The SMILES string of the molecule is O=C(NCCN1CCOCC1)c1sc(-c2ccccc2)nc1-c1ccc([N+](=O)[O-])cc1. The summed E-state index contributed by atoms with van der Waals surface area (Å²) in [5, 5.41) is 14.7. The van der Waals surface area contributed by atoms with Crippen LogP contribution in [0.1, 0.15) is 9.67 Å². The van der Waals surface area contributed by atoms with Gasteiger partial charge in [-0.25, -0.2) is 4.98 Å². The Morgan fingerprint density at radius 1 is 1.10 bits per heavy atom. The summed E-state index contributed by atoms with van der Waals surface area (Å²) in [5.74, 6) is -0.193. The van der Waals surface area contributed by atoms with Crippen molar-refractivity contribution in [2.75, 3.05) is 39.4 Å². The van der Waals surface area contributed by atoms with Gasteiger partial charge in [0.25, 0.3) is 11.6 Å². The number of thiazole rings is 1. The highest BCUT2D eigenvalue weighted by molar-refractivity contribution is 7.17. The van der Waals surface area contributed by atoms with Gasteiger partial charge in [0, 0.05) is 49.4 Å². The van der Waals surface area contributed by atoms with E-state index in [4.69, 9.17) is 9.72 Å². The predicted octanol–water partition coefficient (Wildman–Crippen LogP) is 3.45. The van der Waals surface area contributed by atoms with Crippen LogP contribution in [0.2, 0.25) is 0 Å². The van der Waals surface area contributed by atoms with Gasteiger partial charge in [0.05, 0.1) is 23.8 Å². The van der Waals surface area contributed by atoms with Crippen LogP contribution < -0.4 is 5.32 Å². The van der Waals surface area contributed by atoms with Crippen LogP contribution in [0.5, 0.6) is 0 Å². The number of ether oxygens (including phenoxy) is 1. The number of rotatable bonds is 7. The maximum Gasteiger partial charge on any atom is 0.269 e. The molecule has 1 N–H and O–H groups in total. The van der Waals surface area contributed by atoms with E-state index in [2.05, 4.69) is 10.2 Å². The van der Waals surface area contributed by atoms with E-state index in [1.54, 1.807) is 12.1 Å². The highest BCUT2D eigenvalue weighted by Gasteiger charge is 2.21. The van der Waals surface area contributed by atoms with E-state index in [-0.39, 0.29) is 11.6 Å². The third kappa shape index (κ3) is 5.13. The van der Waals surface area contributed by atoms with Crippen molar-refractivity contribution in [3.63, 3.8) is 0 Å². The van der Waals surface area contributed by atoms with Gasteiger partial charge in [-0.2, -0.15) is 0 Å². The molecule has 1 aliphatic heterocycles. The molecule has 0 unspecified atom stereocenters. The Labute approximate surface area is 183 Å². The molecule has 1 aliphatic rings. The Kier molecular flexibility index (Phi) is 6.66. The largest absolute Gasteiger partial charge is 0.379 e. The summed E-state index contributed by atoms with van der Waals surface area (Å²) < 4.78 is 5.35. The van der Waals surface area contributed by atoms with Crippen LogP contribution in [0.15, 0.2) is 54.6 Å². The van der Waals surface area contributed by atoms with Gasteiger partial charge in [-0.15, -0.1) is 11.3 Å². The maximum atomic E-state index is 13.0. The Morgan fingerprint density at radius 3 is 2.48 bits per heavy atom. The van der Waals surface area contributed by atoms with Crippen molar-refractivity contribution in [3.8, 4) is 21.8 Å². The van der Waals surface area contributed by atoms with Gasteiger partial charge in [0.2, 0.25) is 0 Å². The first-order valence-electron chi connectivity index (χ1n) is 10.0. The van der Waals surface area contributed by atoms with Crippen molar-refractivity contribution in [1.29, 1.82) is 0 Å². The molecule has 1 fully saturated rings. The van der Waals surface area contributed by atoms with E-state index >= 15 is 0 Å². The molecule has 3 aromatic rings. The fourth-order valence-electron chi connectivity index (χ4n) is 3.35. The lowest BCUT2D eigenvalue weighted by Gasteiger charge is -2.26. The lowest BCUT2D eigenvalue weighted by molar-refractivity contribution is -0.384. The maximum absolute atomic E-state index is 13.0. The van der Waals surface area contributed by atoms with Crippen LogP contribution in [0.4, 0.5) is 5.69 Å². The number of amides is 1. The average molecular weight is 439 g/mol. The minimum Gasteiger partial charge on any atom is -0.379 e. The van der Waals surface area contributed by atoms with Crippen LogP contribution in [-0.2, 0) is 4.74 Å². The molecule has 9 heteroatoms. The zero-order chi connectivity index (χ0) is 21.6. The van der Waals surface area contributed by atoms with Crippen LogP contribution >= 0.6 is 11.3 Å². The first kappa shape index (κ1) is 21.1. The van der Waals surface area contributed by atoms with E-state index in [0.29, 0.717) is 35.9 Å². The highest BCUT2D eigenvalue weighted by Crippen LogP contribution is 2.34.